The van der Waals surface area contributed by atoms with E-state index < -0.39 is 21.6 Å². The first kappa shape index (κ1) is 19.7. The average Bonchev–Trinajstić information content (AvgIpc) is 2.94. The molecule has 0 N–H and O–H groups in total. The molecular weight excluding hydrogens is 394 g/mol. The van der Waals surface area contributed by atoms with Crippen molar-refractivity contribution in [3.05, 3.63) is 47.5 Å². The van der Waals surface area contributed by atoms with Crippen LogP contribution in [0, 0.1) is 0 Å². The Morgan fingerprint density at radius 1 is 1.14 bits per heavy atom. The van der Waals surface area contributed by atoms with Crippen molar-refractivity contribution in [3.8, 4) is 17.2 Å². The van der Waals surface area contributed by atoms with E-state index in [2.05, 4.69) is 0 Å². The lowest BCUT2D eigenvalue weighted by Gasteiger charge is -2.29. The zero-order chi connectivity index (χ0) is 20.8. The van der Waals surface area contributed by atoms with Crippen LogP contribution in [0.25, 0.3) is 0 Å². The van der Waals surface area contributed by atoms with E-state index in [0.29, 0.717) is 42.3 Å². The van der Waals surface area contributed by atoms with Gasteiger partial charge in [-0.3, -0.25) is 0 Å². The normalized spacial score (nSPS) is 17.8. The standard InChI is InChI=1S/C21H23NO6S/c1-21(2)13-17-18(11-14(20(23)26-3)12-19(17)28-21)27-15-5-7-16(8-6-15)29(24,25)22-9-4-10-22/h5-8,11-12H,4,9-10,13H2,1-3H3. The number of hydrogen-bond donors (Lipinski definition) is 0. The molecule has 0 bridgehead atoms. The predicted molar refractivity (Wildman–Crippen MR) is 106 cm³/mol. The Morgan fingerprint density at radius 3 is 2.41 bits per heavy atom. The van der Waals surface area contributed by atoms with E-state index in [-0.39, 0.29) is 4.90 Å². The molecule has 1 fully saturated rings. The lowest BCUT2D eigenvalue weighted by Crippen LogP contribution is -2.41. The van der Waals surface area contributed by atoms with Gasteiger partial charge in [0.15, 0.2) is 0 Å². The smallest absolute Gasteiger partial charge is 0.338 e. The van der Waals surface area contributed by atoms with Gasteiger partial charge in [-0.25, -0.2) is 13.2 Å². The van der Waals surface area contributed by atoms with Crippen LogP contribution in [-0.2, 0) is 21.2 Å². The van der Waals surface area contributed by atoms with Crippen LogP contribution in [0.5, 0.6) is 17.2 Å². The van der Waals surface area contributed by atoms with Crippen LogP contribution in [-0.4, -0.2) is 44.5 Å². The number of rotatable bonds is 5. The summed E-state index contributed by atoms with van der Waals surface area (Å²) in [6, 6.07) is 9.59. The number of carbonyl (C=O) groups excluding carboxylic acids is 1. The zero-order valence-corrected chi connectivity index (χ0v) is 17.4. The Hall–Kier alpha value is -2.58. The molecule has 2 aliphatic heterocycles. The van der Waals surface area contributed by atoms with Crippen molar-refractivity contribution >= 4 is 16.0 Å². The highest BCUT2D eigenvalue weighted by atomic mass is 32.2. The molecular formula is C21H23NO6S. The van der Waals surface area contributed by atoms with Gasteiger partial charge in [-0.2, -0.15) is 4.31 Å². The number of methoxy groups -OCH3 is 1. The molecule has 1 saturated heterocycles. The summed E-state index contributed by atoms with van der Waals surface area (Å²) in [7, 11) is -2.12. The summed E-state index contributed by atoms with van der Waals surface area (Å²) in [6.07, 6.45) is 1.51. The molecule has 0 aromatic heterocycles. The maximum Gasteiger partial charge on any atom is 0.338 e. The van der Waals surface area contributed by atoms with Crippen LogP contribution >= 0.6 is 0 Å². The van der Waals surface area contributed by atoms with Gasteiger partial charge in [0.2, 0.25) is 10.0 Å². The van der Waals surface area contributed by atoms with Crippen molar-refractivity contribution in [1.82, 2.24) is 4.31 Å². The molecule has 7 nitrogen and oxygen atoms in total. The summed E-state index contributed by atoms with van der Waals surface area (Å²) in [6.45, 7) is 5.04. The van der Waals surface area contributed by atoms with Crippen LogP contribution in [0.2, 0.25) is 0 Å². The van der Waals surface area contributed by atoms with Crippen molar-refractivity contribution in [2.45, 2.75) is 37.2 Å². The molecule has 29 heavy (non-hydrogen) atoms. The van der Waals surface area contributed by atoms with Crippen molar-refractivity contribution in [2.24, 2.45) is 0 Å². The largest absolute Gasteiger partial charge is 0.487 e. The van der Waals surface area contributed by atoms with Gasteiger partial charge in [0, 0.05) is 25.1 Å². The fourth-order valence-corrected chi connectivity index (χ4v) is 4.97. The summed E-state index contributed by atoms with van der Waals surface area (Å²) >= 11 is 0. The number of sulfonamides is 1. The van der Waals surface area contributed by atoms with Crippen molar-refractivity contribution in [2.75, 3.05) is 20.2 Å². The number of nitrogens with zero attached hydrogens (tertiary/aromatic N) is 1. The molecule has 0 radical (unpaired) electrons. The first-order valence-electron chi connectivity index (χ1n) is 9.42. The molecule has 0 saturated carbocycles. The molecule has 0 unspecified atom stereocenters. The average molecular weight is 417 g/mol. The minimum Gasteiger partial charge on any atom is -0.487 e. The van der Waals surface area contributed by atoms with Crippen LogP contribution < -0.4 is 9.47 Å². The Labute approximate surface area is 170 Å². The van der Waals surface area contributed by atoms with E-state index in [0.717, 1.165) is 12.0 Å². The molecule has 2 aliphatic rings. The highest BCUT2D eigenvalue weighted by Crippen LogP contribution is 2.43. The van der Waals surface area contributed by atoms with E-state index in [1.165, 1.54) is 23.5 Å². The highest BCUT2D eigenvalue weighted by Gasteiger charge is 2.34. The highest BCUT2D eigenvalue weighted by molar-refractivity contribution is 7.89. The van der Waals surface area contributed by atoms with E-state index in [4.69, 9.17) is 14.2 Å². The SMILES string of the molecule is COC(=O)c1cc(Oc2ccc(S(=O)(=O)N3CCC3)cc2)c2c(c1)OC(C)(C)C2. The third kappa shape index (κ3) is 3.70. The van der Waals surface area contributed by atoms with Gasteiger partial charge in [-0.05, 0) is 56.7 Å². The van der Waals surface area contributed by atoms with Crippen LogP contribution in [0.1, 0.15) is 36.2 Å². The minimum atomic E-state index is -3.44. The fraction of sp³-hybridized carbons (Fsp3) is 0.381. The molecule has 0 spiro atoms. The summed E-state index contributed by atoms with van der Waals surface area (Å²) in [5.74, 6) is 1.07. The zero-order valence-electron chi connectivity index (χ0n) is 16.6. The van der Waals surface area contributed by atoms with Gasteiger partial charge in [0.1, 0.15) is 22.8 Å². The predicted octanol–water partition coefficient (Wildman–Crippen LogP) is 3.37. The van der Waals surface area contributed by atoms with E-state index >= 15 is 0 Å². The maximum atomic E-state index is 12.5. The first-order valence-corrected chi connectivity index (χ1v) is 10.9. The number of hydrogen-bond acceptors (Lipinski definition) is 6. The molecule has 4 rings (SSSR count). The first-order chi connectivity index (χ1) is 13.7. The number of esters is 1. The second kappa shape index (κ2) is 7.03. The maximum absolute atomic E-state index is 12.5. The number of benzene rings is 2. The minimum absolute atomic E-state index is 0.238. The quantitative estimate of drug-likeness (QED) is 0.694. The molecule has 0 amide bonds. The van der Waals surface area contributed by atoms with Crippen molar-refractivity contribution in [3.63, 3.8) is 0 Å². The molecule has 2 heterocycles. The molecule has 154 valence electrons. The van der Waals surface area contributed by atoms with Crippen LogP contribution in [0.15, 0.2) is 41.3 Å². The van der Waals surface area contributed by atoms with Crippen LogP contribution in [0.4, 0.5) is 0 Å². The van der Waals surface area contributed by atoms with E-state index in [9.17, 15) is 13.2 Å². The summed E-state index contributed by atoms with van der Waals surface area (Å²) in [5.41, 5.74) is 0.778. The van der Waals surface area contributed by atoms with Crippen molar-refractivity contribution < 1.29 is 27.4 Å². The van der Waals surface area contributed by atoms with Gasteiger partial charge in [0.05, 0.1) is 17.6 Å². The van der Waals surface area contributed by atoms with Gasteiger partial charge >= 0.3 is 5.97 Å². The Balaban J connectivity index is 1.64. The molecule has 2 aromatic carbocycles. The monoisotopic (exact) mass is 417 g/mol. The second-order valence-electron chi connectivity index (χ2n) is 7.81. The lowest BCUT2D eigenvalue weighted by atomic mass is 10.00. The molecule has 0 aliphatic carbocycles. The van der Waals surface area contributed by atoms with Gasteiger partial charge in [-0.15, -0.1) is 0 Å². The summed E-state index contributed by atoms with van der Waals surface area (Å²) < 4.78 is 43.2. The third-order valence-corrected chi connectivity index (χ3v) is 7.00. The number of carbonyl (C=O) groups is 1. The number of ether oxygens (including phenoxy) is 3. The molecule has 0 atom stereocenters. The number of fused-ring (bicyclic) bond motifs is 1. The molecule has 2 aromatic rings. The lowest BCUT2D eigenvalue weighted by molar-refractivity contribution is 0.0599. The van der Waals surface area contributed by atoms with Crippen LogP contribution in [0.3, 0.4) is 0 Å². The molecule has 8 heteroatoms. The Bertz CT molecular complexity index is 1060. The van der Waals surface area contributed by atoms with Gasteiger partial charge in [-0.1, -0.05) is 0 Å². The summed E-state index contributed by atoms with van der Waals surface area (Å²) in [5, 5.41) is 0. The Kier molecular flexibility index (Phi) is 4.78. The third-order valence-electron chi connectivity index (χ3n) is 5.08. The summed E-state index contributed by atoms with van der Waals surface area (Å²) in [4.78, 5) is 12.3. The van der Waals surface area contributed by atoms with Crippen molar-refractivity contribution in [1.29, 1.82) is 0 Å². The van der Waals surface area contributed by atoms with E-state index in [1.807, 2.05) is 13.8 Å². The topological polar surface area (TPSA) is 82.1 Å². The Morgan fingerprint density at radius 2 is 1.83 bits per heavy atom. The van der Waals surface area contributed by atoms with E-state index in [1.54, 1.807) is 24.3 Å². The van der Waals surface area contributed by atoms with Gasteiger partial charge in [0.25, 0.3) is 0 Å². The fourth-order valence-electron chi connectivity index (χ4n) is 3.45. The second-order valence-corrected chi connectivity index (χ2v) is 9.75. The van der Waals surface area contributed by atoms with Gasteiger partial charge < -0.3 is 14.2 Å².